The van der Waals surface area contributed by atoms with E-state index in [9.17, 15) is 14.0 Å². The Morgan fingerprint density at radius 3 is 2.30 bits per heavy atom. The van der Waals surface area contributed by atoms with Gasteiger partial charge in [0, 0.05) is 18.2 Å². The van der Waals surface area contributed by atoms with Crippen LogP contribution in [0.3, 0.4) is 0 Å². The summed E-state index contributed by atoms with van der Waals surface area (Å²) in [4.78, 5) is 25.7. The predicted molar refractivity (Wildman–Crippen MR) is 124 cm³/mol. The number of halogens is 1. The smallest absolute Gasteiger partial charge is 0.251 e. The van der Waals surface area contributed by atoms with E-state index in [-0.39, 0.29) is 36.2 Å². The van der Waals surface area contributed by atoms with Crippen molar-refractivity contribution < 1.29 is 18.7 Å². The van der Waals surface area contributed by atoms with Gasteiger partial charge in [-0.3, -0.25) is 9.59 Å². The summed E-state index contributed by atoms with van der Waals surface area (Å²) in [5.74, 6) is -0.648. The zero-order chi connectivity index (χ0) is 23.0. The monoisotopic (exact) mass is 446 g/mol. The van der Waals surface area contributed by atoms with Gasteiger partial charge in [-0.2, -0.15) is 0 Å². The van der Waals surface area contributed by atoms with Crippen LogP contribution >= 0.6 is 0 Å². The minimum absolute atomic E-state index is 0.0532. The first-order valence-corrected chi connectivity index (χ1v) is 11.2. The molecule has 1 aliphatic heterocycles. The van der Waals surface area contributed by atoms with Gasteiger partial charge in [-0.25, -0.2) is 4.39 Å². The van der Waals surface area contributed by atoms with Crippen LogP contribution in [0.1, 0.15) is 52.9 Å². The first kappa shape index (κ1) is 22.7. The highest BCUT2D eigenvalue weighted by molar-refractivity contribution is 5.94. The number of hydrogen-bond donors (Lipinski definition) is 2. The van der Waals surface area contributed by atoms with Crippen LogP contribution in [-0.4, -0.2) is 24.5 Å². The molecule has 4 rings (SSSR count). The molecule has 0 spiro atoms. The normalized spacial score (nSPS) is 18.8. The maximum absolute atomic E-state index is 13.2. The lowest BCUT2D eigenvalue weighted by molar-refractivity contribution is -0.123. The fraction of sp³-hybridized carbons (Fsp3) is 0.259. The fourth-order valence-corrected chi connectivity index (χ4v) is 4.08. The van der Waals surface area contributed by atoms with E-state index >= 15 is 0 Å². The Balaban J connectivity index is 1.40. The number of hydrogen-bond acceptors (Lipinski definition) is 3. The van der Waals surface area contributed by atoms with Crippen LogP contribution < -0.4 is 10.6 Å². The number of carbonyl (C=O) groups excluding carboxylic acids is 2. The highest BCUT2D eigenvalue weighted by Gasteiger charge is 2.26. The van der Waals surface area contributed by atoms with Gasteiger partial charge >= 0.3 is 0 Å². The third-order valence-electron chi connectivity index (χ3n) is 5.82. The molecule has 0 saturated carbocycles. The van der Waals surface area contributed by atoms with E-state index in [2.05, 4.69) is 10.6 Å². The van der Waals surface area contributed by atoms with Crippen LogP contribution in [0, 0.1) is 5.82 Å². The molecule has 0 aliphatic carbocycles. The average Bonchev–Trinajstić information content (AvgIpc) is 2.85. The fourth-order valence-electron chi connectivity index (χ4n) is 4.08. The van der Waals surface area contributed by atoms with Crippen LogP contribution in [0.5, 0.6) is 0 Å². The van der Waals surface area contributed by atoms with E-state index in [4.69, 9.17) is 4.74 Å². The van der Waals surface area contributed by atoms with Gasteiger partial charge in [-0.05, 0) is 48.2 Å². The molecule has 1 aliphatic rings. The molecule has 1 heterocycles. The van der Waals surface area contributed by atoms with Gasteiger partial charge in [0.25, 0.3) is 5.91 Å². The van der Waals surface area contributed by atoms with Crippen molar-refractivity contribution in [2.45, 2.75) is 37.5 Å². The highest BCUT2D eigenvalue weighted by atomic mass is 19.1. The predicted octanol–water partition coefficient (Wildman–Crippen LogP) is 4.72. The minimum Gasteiger partial charge on any atom is -0.373 e. The quantitative estimate of drug-likeness (QED) is 0.552. The molecule has 3 atom stereocenters. The minimum atomic E-state index is -0.452. The van der Waals surface area contributed by atoms with Gasteiger partial charge in [0.2, 0.25) is 5.91 Å². The Morgan fingerprint density at radius 1 is 0.939 bits per heavy atom. The highest BCUT2D eigenvalue weighted by Crippen LogP contribution is 2.28. The SMILES string of the molecule is O=C(C[C@H](NC(=O)c1ccccc1)c1ccccc1)N[C@@H]1CCO[C@H](c2ccc(F)cc2)C1. The van der Waals surface area contributed by atoms with Gasteiger partial charge < -0.3 is 15.4 Å². The van der Waals surface area contributed by atoms with Crippen LogP contribution in [0.2, 0.25) is 0 Å². The van der Waals surface area contributed by atoms with Crippen molar-refractivity contribution in [1.82, 2.24) is 10.6 Å². The van der Waals surface area contributed by atoms with E-state index < -0.39 is 6.04 Å². The Bertz CT molecular complexity index is 1060. The van der Waals surface area contributed by atoms with E-state index in [0.717, 1.165) is 11.1 Å². The first-order chi connectivity index (χ1) is 16.1. The van der Waals surface area contributed by atoms with E-state index in [1.807, 2.05) is 48.5 Å². The van der Waals surface area contributed by atoms with Crippen molar-refractivity contribution in [2.75, 3.05) is 6.61 Å². The molecule has 0 radical (unpaired) electrons. The summed E-state index contributed by atoms with van der Waals surface area (Å²) in [5, 5.41) is 6.10. The van der Waals surface area contributed by atoms with Crippen LogP contribution in [0.15, 0.2) is 84.9 Å². The molecule has 3 aromatic rings. The first-order valence-electron chi connectivity index (χ1n) is 11.2. The lowest BCUT2D eigenvalue weighted by Crippen LogP contribution is -2.41. The van der Waals surface area contributed by atoms with E-state index in [1.165, 1.54) is 12.1 Å². The molecule has 1 fully saturated rings. The number of rotatable bonds is 7. The molecule has 3 aromatic carbocycles. The summed E-state index contributed by atoms with van der Waals surface area (Å²) in [6.45, 7) is 0.514. The van der Waals surface area contributed by atoms with Gasteiger partial charge in [-0.1, -0.05) is 60.7 Å². The second kappa shape index (κ2) is 10.9. The molecule has 6 heteroatoms. The molecule has 0 unspecified atom stereocenters. The Morgan fingerprint density at radius 2 is 1.61 bits per heavy atom. The summed E-state index contributed by atoms with van der Waals surface area (Å²) in [7, 11) is 0. The third kappa shape index (κ3) is 6.26. The lowest BCUT2D eigenvalue weighted by Gasteiger charge is -2.31. The molecule has 33 heavy (non-hydrogen) atoms. The maximum atomic E-state index is 13.2. The van der Waals surface area contributed by atoms with Crippen molar-refractivity contribution in [2.24, 2.45) is 0 Å². The summed E-state index contributed by atoms with van der Waals surface area (Å²) < 4.78 is 19.1. The second-order valence-corrected chi connectivity index (χ2v) is 8.21. The lowest BCUT2D eigenvalue weighted by atomic mass is 9.96. The summed E-state index contributed by atoms with van der Waals surface area (Å²) in [5.41, 5.74) is 2.31. The van der Waals surface area contributed by atoms with Crippen LogP contribution in [0.4, 0.5) is 4.39 Å². The summed E-state index contributed by atoms with van der Waals surface area (Å²) in [6.07, 6.45) is 1.26. The zero-order valence-electron chi connectivity index (χ0n) is 18.2. The molecular weight excluding hydrogens is 419 g/mol. The second-order valence-electron chi connectivity index (χ2n) is 8.21. The number of nitrogens with one attached hydrogen (secondary N) is 2. The van der Waals surface area contributed by atoms with Crippen molar-refractivity contribution >= 4 is 11.8 Å². The third-order valence-corrected chi connectivity index (χ3v) is 5.82. The van der Waals surface area contributed by atoms with E-state index in [0.29, 0.717) is 25.0 Å². The molecular formula is C27H27FN2O3. The molecule has 2 amide bonds. The van der Waals surface area contributed by atoms with Crippen molar-refractivity contribution in [3.63, 3.8) is 0 Å². The van der Waals surface area contributed by atoms with Crippen LogP contribution in [0.25, 0.3) is 0 Å². The maximum Gasteiger partial charge on any atom is 0.251 e. The molecule has 0 aromatic heterocycles. The summed E-state index contributed by atoms with van der Waals surface area (Å²) in [6, 6.07) is 24.2. The van der Waals surface area contributed by atoms with Crippen molar-refractivity contribution in [1.29, 1.82) is 0 Å². The number of benzene rings is 3. The standard InChI is InChI=1S/C27H27FN2O3/c28-22-13-11-20(12-14-22)25-17-23(15-16-33-25)29-26(31)18-24(19-7-3-1-4-8-19)30-27(32)21-9-5-2-6-10-21/h1-14,23-25H,15-18H2,(H,29,31)(H,30,32)/t23-,24+,25+/m1/s1. The van der Waals surface area contributed by atoms with Crippen LogP contribution in [-0.2, 0) is 9.53 Å². The topological polar surface area (TPSA) is 67.4 Å². The van der Waals surface area contributed by atoms with Crippen molar-refractivity contribution in [3.05, 3.63) is 107 Å². The number of ether oxygens (including phenoxy) is 1. The van der Waals surface area contributed by atoms with Gasteiger partial charge in [0.05, 0.1) is 18.6 Å². The van der Waals surface area contributed by atoms with Gasteiger partial charge in [0.15, 0.2) is 0 Å². The van der Waals surface area contributed by atoms with Gasteiger partial charge in [-0.15, -0.1) is 0 Å². The Labute approximate surface area is 193 Å². The summed E-state index contributed by atoms with van der Waals surface area (Å²) >= 11 is 0. The molecule has 5 nitrogen and oxygen atoms in total. The van der Waals surface area contributed by atoms with Gasteiger partial charge in [0.1, 0.15) is 5.82 Å². The average molecular weight is 447 g/mol. The molecule has 1 saturated heterocycles. The van der Waals surface area contributed by atoms with E-state index in [1.54, 1.807) is 24.3 Å². The Kier molecular flexibility index (Phi) is 7.47. The largest absolute Gasteiger partial charge is 0.373 e. The zero-order valence-corrected chi connectivity index (χ0v) is 18.2. The molecule has 2 N–H and O–H groups in total. The molecule has 170 valence electrons. The molecule has 0 bridgehead atoms. The Hall–Kier alpha value is -3.51. The van der Waals surface area contributed by atoms with Crippen molar-refractivity contribution in [3.8, 4) is 0 Å². The number of amides is 2. The number of carbonyl (C=O) groups is 2.